The first-order chi connectivity index (χ1) is 7.67. The SMILES string of the molecule is Cc1ccccc1N(C)CC1(C#N)CCC1. The highest BCUT2D eigenvalue weighted by Gasteiger charge is 2.38. The first-order valence-corrected chi connectivity index (χ1v) is 5.85. The molecule has 1 aromatic rings. The van der Waals surface area contributed by atoms with Gasteiger partial charge in [-0.15, -0.1) is 0 Å². The van der Waals surface area contributed by atoms with Crippen LogP contribution in [0.3, 0.4) is 0 Å². The molecule has 0 atom stereocenters. The van der Waals surface area contributed by atoms with E-state index in [0.29, 0.717) is 0 Å². The van der Waals surface area contributed by atoms with Gasteiger partial charge >= 0.3 is 0 Å². The predicted octanol–water partition coefficient (Wildman–Crippen LogP) is 3.13. The topological polar surface area (TPSA) is 27.0 Å². The van der Waals surface area contributed by atoms with Crippen molar-refractivity contribution in [2.45, 2.75) is 26.2 Å². The third-order valence-electron chi connectivity index (χ3n) is 3.61. The van der Waals surface area contributed by atoms with Crippen molar-refractivity contribution in [1.82, 2.24) is 0 Å². The monoisotopic (exact) mass is 214 g/mol. The molecule has 0 N–H and O–H groups in total. The third kappa shape index (κ3) is 1.90. The van der Waals surface area contributed by atoms with E-state index >= 15 is 0 Å². The van der Waals surface area contributed by atoms with E-state index in [4.69, 9.17) is 0 Å². The van der Waals surface area contributed by atoms with Gasteiger partial charge in [-0.2, -0.15) is 5.26 Å². The van der Waals surface area contributed by atoms with Gasteiger partial charge < -0.3 is 4.90 Å². The first-order valence-electron chi connectivity index (χ1n) is 5.85. The number of hydrogen-bond acceptors (Lipinski definition) is 2. The van der Waals surface area contributed by atoms with Crippen molar-refractivity contribution in [3.05, 3.63) is 29.8 Å². The van der Waals surface area contributed by atoms with Crippen molar-refractivity contribution in [3.8, 4) is 6.07 Å². The highest BCUT2D eigenvalue weighted by molar-refractivity contribution is 5.52. The summed E-state index contributed by atoms with van der Waals surface area (Å²) in [6, 6.07) is 10.8. The van der Waals surface area contributed by atoms with Crippen molar-refractivity contribution in [3.63, 3.8) is 0 Å². The smallest absolute Gasteiger partial charge is 0.0748 e. The van der Waals surface area contributed by atoms with Crippen molar-refractivity contribution in [2.24, 2.45) is 5.41 Å². The highest BCUT2D eigenvalue weighted by atomic mass is 15.1. The van der Waals surface area contributed by atoms with Crippen LogP contribution in [0.2, 0.25) is 0 Å². The van der Waals surface area contributed by atoms with Gasteiger partial charge in [0.1, 0.15) is 0 Å². The summed E-state index contributed by atoms with van der Waals surface area (Å²) in [5.74, 6) is 0. The Labute approximate surface area is 97.5 Å². The Balaban J connectivity index is 2.12. The summed E-state index contributed by atoms with van der Waals surface area (Å²) in [7, 11) is 2.08. The summed E-state index contributed by atoms with van der Waals surface area (Å²) >= 11 is 0. The lowest BCUT2D eigenvalue weighted by Crippen LogP contribution is -2.40. The molecule has 1 saturated carbocycles. The third-order valence-corrected chi connectivity index (χ3v) is 3.61. The van der Waals surface area contributed by atoms with Gasteiger partial charge in [-0.1, -0.05) is 24.6 Å². The molecule has 0 spiro atoms. The fourth-order valence-electron chi connectivity index (χ4n) is 2.44. The van der Waals surface area contributed by atoms with Crippen LogP contribution in [0.5, 0.6) is 0 Å². The summed E-state index contributed by atoms with van der Waals surface area (Å²) in [5, 5.41) is 9.22. The summed E-state index contributed by atoms with van der Waals surface area (Å²) in [5.41, 5.74) is 2.43. The molecule has 0 radical (unpaired) electrons. The molecule has 0 unspecified atom stereocenters. The second kappa shape index (κ2) is 4.17. The predicted molar refractivity (Wildman–Crippen MR) is 66.3 cm³/mol. The first kappa shape index (κ1) is 11.0. The maximum Gasteiger partial charge on any atom is 0.0748 e. The van der Waals surface area contributed by atoms with E-state index in [9.17, 15) is 5.26 Å². The van der Waals surface area contributed by atoms with E-state index in [1.165, 1.54) is 17.7 Å². The van der Waals surface area contributed by atoms with Gasteiger partial charge in [0.05, 0.1) is 11.5 Å². The summed E-state index contributed by atoms with van der Waals surface area (Å²) in [6.45, 7) is 2.97. The van der Waals surface area contributed by atoms with E-state index in [1.807, 2.05) is 0 Å². The van der Waals surface area contributed by atoms with Gasteiger partial charge in [0.2, 0.25) is 0 Å². The zero-order valence-corrected chi connectivity index (χ0v) is 10.0. The molecule has 16 heavy (non-hydrogen) atoms. The molecule has 2 nitrogen and oxygen atoms in total. The molecule has 2 heteroatoms. The maximum atomic E-state index is 9.22. The summed E-state index contributed by atoms with van der Waals surface area (Å²) < 4.78 is 0. The van der Waals surface area contributed by atoms with Crippen LogP contribution in [0.25, 0.3) is 0 Å². The molecule has 1 aliphatic rings. The molecular formula is C14H18N2. The van der Waals surface area contributed by atoms with Crippen LogP contribution in [0.4, 0.5) is 5.69 Å². The Hall–Kier alpha value is -1.49. The summed E-state index contributed by atoms with van der Waals surface area (Å²) in [6.07, 6.45) is 3.31. The van der Waals surface area contributed by atoms with Gasteiger partial charge in [-0.25, -0.2) is 0 Å². The van der Waals surface area contributed by atoms with E-state index < -0.39 is 0 Å². The molecule has 1 fully saturated rings. The Morgan fingerprint density at radius 2 is 2.06 bits per heavy atom. The van der Waals surface area contributed by atoms with E-state index in [1.54, 1.807) is 0 Å². The minimum absolute atomic E-state index is 0.0863. The van der Waals surface area contributed by atoms with Crippen molar-refractivity contribution >= 4 is 5.69 Å². The quantitative estimate of drug-likeness (QED) is 0.773. The summed E-state index contributed by atoms with van der Waals surface area (Å²) in [4.78, 5) is 2.22. The molecule has 1 aromatic carbocycles. The molecular weight excluding hydrogens is 196 g/mol. The van der Waals surface area contributed by atoms with Crippen LogP contribution in [0.15, 0.2) is 24.3 Å². The van der Waals surface area contributed by atoms with Crippen LogP contribution in [-0.2, 0) is 0 Å². The van der Waals surface area contributed by atoms with Crippen LogP contribution in [-0.4, -0.2) is 13.6 Å². The number of anilines is 1. The second-order valence-corrected chi connectivity index (χ2v) is 4.89. The zero-order chi connectivity index (χ0) is 11.6. The van der Waals surface area contributed by atoms with Gasteiger partial charge in [0.15, 0.2) is 0 Å². The molecule has 2 rings (SSSR count). The molecule has 0 saturated heterocycles. The van der Waals surface area contributed by atoms with Gasteiger partial charge in [0, 0.05) is 19.3 Å². The number of hydrogen-bond donors (Lipinski definition) is 0. The lowest BCUT2D eigenvalue weighted by molar-refractivity contribution is 0.223. The highest BCUT2D eigenvalue weighted by Crippen LogP contribution is 2.41. The van der Waals surface area contributed by atoms with Crippen molar-refractivity contribution < 1.29 is 0 Å². The fraction of sp³-hybridized carbons (Fsp3) is 0.500. The second-order valence-electron chi connectivity index (χ2n) is 4.89. The minimum Gasteiger partial charge on any atom is -0.373 e. The van der Waals surface area contributed by atoms with Crippen molar-refractivity contribution in [2.75, 3.05) is 18.5 Å². The average Bonchev–Trinajstić information content (AvgIpc) is 2.24. The van der Waals surface area contributed by atoms with Gasteiger partial charge in [0.25, 0.3) is 0 Å². The number of aryl methyl sites for hydroxylation is 1. The van der Waals surface area contributed by atoms with Crippen LogP contribution in [0, 0.1) is 23.7 Å². The number of benzene rings is 1. The molecule has 0 aromatic heterocycles. The maximum absolute atomic E-state index is 9.22. The molecule has 0 aliphatic heterocycles. The lowest BCUT2D eigenvalue weighted by Gasteiger charge is -2.39. The van der Waals surface area contributed by atoms with Gasteiger partial charge in [-0.3, -0.25) is 0 Å². The number of para-hydroxylation sites is 1. The van der Waals surface area contributed by atoms with Gasteiger partial charge in [-0.05, 0) is 31.4 Å². The standard InChI is InChI=1S/C14H18N2/c1-12-6-3-4-7-13(12)16(2)11-14(10-15)8-5-9-14/h3-4,6-7H,5,8-9,11H2,1-2H3. The Kier molecular flexibility index (Phi) is 2.87. The molecule has 0 heterocycles. The Bertz CT molecular complexity index is 413. The van der Waals surface area contributed by atoms with E-state index in [0.717, 1.165) is 19.4 Å². The minimum atomic E-state index is -0.0863. The Morgan fingerprint density at radius 1 is 1.38 bits per heavy atom. The van der Waals surface area contributed by atoms with Crippen LogP contribution >= 0.6 is 0 Å². The number of rotatable bonds is 3. The van der Waals surface area contributed by atoms with Crippen LogP contribution in [0.1, 0.15) is 24.8 Å². The molecule has 0 bridgehead atoms. The molecule has 1 aliphatic carbocycles. The Morgan fingerprint density at radius 3 is 2.56 bits per heavy atom. The normalized spacial score (nSPS) is 17.3. The molecule has 84 valence electrons. The van der Waals surface area contributed by atoms with E-state index in [2.05, 4.69) is 49.2 Å². The number of nitriles is 1. The molecule has 0 amide bonds. The van der Waals surface area contributed by atoms with Crippen molar-refractivity contribution in [1.29, 1.82) is 5.26 Å². The fourth-order valence-corrected chi connectivity index (χ4v) is 2.44. The van der Waals surface area contributed by atoms with E-state index in [-0.39, 0.29) is 5.41 Å². The zero-order valence-electron chi connectivity index (χ0n) is 10.0. The average molecular weight is 214 g/mol. The van der Waals surface area contributed by atoms with Crippen LogP contribution < -0.4 is 4.90 Å². The lowest BCUT2D eigenvalue weighted by atomic mass is 9.69. The number of nitrogens with zero attached hydrogens (tertiary/aromatic N) is 2. The largest absolute Gasteiger partial charge is 0.373 e.